The van der Waals surface area contributed by atoms with Crippen LogP contribution in [0.1, 0.15) is 13.8 Å². The van der Waals surface area contributed by atoms with E-state index in [0.717, 1.165) is 16.7 Å². The van der Waals surface area contributed by atoms with Crippen LogP contribution in [0.3, 0.4) is 0 Å². The van der Waals surface area contributed by atoms with Crippen molar-refractivity contribution in [2.24, 2.45) is 0 Å². The van der Waals surface area contributed by atoms with Gasteiger partial charge < -0.3 is 9.84 Å². The van der Waals surface area contributed by atoms with Crippen LogP contribution in [-0.2, 0) is 23.9 Å². The van der Waals surface area contributed by atoms with E-state index in [1.54, 1.807) is 6.19 Å². The Morgan fingerprint density at radius 3 is 2.61 bits per heavy atom. The van der Waals surface area contributed by atoms with E-state index < -0.39 is 35.2 Å². The van der Waals surface area contributed by atoms with Gasteiger partial charge in [-0.05, 0) is 0 Å². The molecule has 0 radical (unpaired) electrons. The highest BCUT2D eigenvalue weighted by Crippen LogP contribution is 2.42. The van der Waals surface area contributed by atoms with Crippen molar-refractivity contribution in [3.63, 3.8) is 0 Å². The molecule has 2 aliphatic rings. The van der Waals surface area contributed by atoms with E-state index in [1.807, 2.05) is 0 Å². The molecule has 0 saturated carbocycles. The van der Waals surface area contributed by atoms with Crippen LogP contribution in [0.5, 0.6) is 0 Å². The Hall–Kier alpha value is -2.54. The molecule has 0 bridgehead atoms. The second kappa shape index (κ2) is 6.29. The third-order valence-electron chi connectivity index (χ3n) is 3.40. The first-order chi connectivity index (χ1) is 10.8. The number of carboxylic acid groups (broad SMARTS) is 1. The topological polar surface area (TPSA) is 128 Å². The Bertz CT molecular complexity index is 667. The summed E-state index contributed by atoms with van der Waals surface area (Å²) in [5, 5.41) is 17.7. The van der Waals surface area contributed by atoms with Crippen LogP contribution in [0.4, 0.5) is 0 Å². The van der Waals surface area contributed by atoms with E-state index >= 15 is 0 Å². The molecule has 0 aliphatic carbocycles. The molecule has 0 aromatic carbocycles. The fraction of sp³-hybridized carbons (Fsp3) is 0.462. The number of hydrogen-bond acceptors (Lipinski definition) is 7. The summed E-state index contributed by atoms with van der Waals surface area (Å²) < 4.78 is 4.81. The molecule has 2 rings (SSSR count). The molecule has 1 saturated heterocycles. The molecular formula is C13H13N3O6S. The summed E-state index contributed by atoms with van der Waals surface area (Å²) in [5.41, 5.74) is 0.0461. The van der Waals surface area contributed by atoms with Crippen molar-refractivity contribution in [1.82, 2.24) is 9.80 Å². The fourth-order valence-electron chi connectivity index (χ4n) is 2.40. The fourth-order valence-corrected chi connectivity index (χ4v) is 3.77. The van der Waals surface area contributed by atoms with Gasteiger partial charge in [-0.3, -0.25) is 19.3 Å². The van der Waals surface area contributed by atoms with Crippen LogP contribution in [0.2, 0.25) is 0 Å². The minimum atomic E-state index is -1.32. The Morgan fingerprint density at radius 1 is 1.48 bits per heavy atom. The molecule has 0 aromatic heterocycles. The summed E-state index contributed by atoms with van der Waals surface area (Å²) in [7, 11) is 0. The predicted molar refractivity (Wildman–Crippen MR) is 76.3 cm³/mol. The van der Waals surface area contributed by atoms with Gasteiger partial charge in [0.1, 0.15) is 17.7 Å². The average molecular weight is 339 g/mol. The number of thioether (sulfide) groups is 1. The lowest BCUT2D eigenvalue weighted by Gasteiger charge is -2.50. The maximum absolute atomic E-state index is 12.3. The molecule has 2 amide bonds. The number of esters is 1. The molecule has 1 N–H and O–H groups in total. The molecule has 9 nitrogen and oxygen atoms in total. The molecular weight excluding hydrogens is 326 g/mol. The highest BCUT2D eigenvalue weighted by molar-refractivity contribution is 8.00. The van der Waals surface area contributed by atoms with Crippen molar-refractivity contribution in [3.8, 4) is 6.19 Å². The number of nitrogens with zero attached hydrogens (tertiary/aromatic N) is 3. The highest BCUT2D eigenvalue weighted by Gasteiger charge is 2.57. The molecule has 2 atom stereocenters. The van der Waals surface area contributed by atoms with Crippen molar-refractivity contribution in [1.29, 1.82) is 5.26 Å². The van der Waals surface area contributed by atoms with Gasteiger partial charge in [-0.15, -0.1) is 11.8 Å². The monoisotopic (exact) mass is 339 g/mol. The van der Waals surface area contributed by atoms with Crippen LogP contribution >= 0.6 is 11.8 Å². The Balaban J connectivity index is 2.30. The van der Waals surface area contributed by atoms with Gasteiger partial charge in [0.25, 0.3) is 5.91 Å². The molecule has 2 aliphatic heterocycles. The number of β-lactam (4-membered cyclic amide) rings is 1. The lowest BCUT2D eigenvalue weighted by molar-refractivity contribution is -0.156. The average Bonchev–Trinajstić information content (AvgIpc) is 2.48. The number of amides is 2. The number of carboxylic acids is 1. The molecule has 10 heteroatoms. The Morgan fingerprint density at radius 2 is 2.13 bits per heavy atom. The van der Waals surface area contributed by atoms with Crippen molar-refractivity contribution in [3.05, 3.63) is 11.3 Å². The number of hydrogen-bond donors (Lipinski definition) is 1. The van der Waals surface area contributed by atoms with Crippen molar-refractivity contribution < 1.29 is 29.0 Å². The molecule has 122 valence electrons. The molecule has 1 fully saturated rings. The summed E-state index contributed by atoms with van der Waals surface area (Å²) in [5.74, 6) is -2.89. The van der Waals surface area contributed by atoms with E-state index in [-0.39, 0.29) is 18.1 Å². The lowest BCUT2D eigenvalue weighted by atomic mass is 10.0. The van der Waals surface area contributed by atoms with Crippen molar-refractivity contribution in [2.45, 2.75) is 25.3 Å². The van der Waals surface area contributed by atoms with E-state index in [0.29, 0.717) is 5.57 Å². The summed E-state index contributed by atoms with van der Waals surface area (Å²) in [6.07, 6.45) is 1.65. The third kappa shape index (κ3) is 2.87. The van der Waals surface area contributed by atoms with Gasteiger partial charge >= 0.3 is 11.9 Å². The van der Waals surface area contributed by atoms with Gasteiger partial charge in [-0.2, -0.15) is 5.26 Å². The molecule has 23 heavy (non-hydrogen) atoms. The highest BCUT2D eigenvalue weighted by atomic mass is 32.2. The van der Waals surface area contributed by atoms with E-state index in [1.165, 1.54) is 18.7 Å². The van der Waals surface area contributed by atoms with E-state index in [4.69, 9.17) is 10.00 Å². The van der Waals surface area contributed by atoms with Gasteiger partial charge in [0.15, 0.2) is 12.2 Å². The largest absolute Gasteiger partial charge is 0.477 e. The second-order valence-electron chi connectivity index (χ2n) is 4.88. The van der Waals surface area contributed by atoms with Crippen LogP contribution < -0.4 is 0 Å². The van der Waals surface area contributed by atoms with Crippen LogP contribution in [0.15, 0.2) is 11.3 Å². The van der Waals surface area contributed by atoms with Crippen molar-refractivity contribution >= 4 is 35.5 Å². The maximum Gasteiger partial charge on any atom is 0.352 e. The number of carbonyl (C=O) groups excluding carboxylic acids is 3. The Kier molecular flexibility index (Phi) is 4.60. The minimum absolute atomic E-state index is 0.219. The summed E-state index contributed by atoms with van der Waals surface area (Å²) in [6.45, 7) is 2.13. The molecule has 2 heterocycles. The van der Waals surface area contributed by atoms with E-state index in [9.17, 15) is 24.3 Å². The quantitative estimate of drug-likeness (QED) is 0.314. The number of fused-ring (bicyclic) bond motifs is 1. The van der Waals surface area contributed by atoms with Crippen LogP contribution in [0.25, 0.3) is 0 Å². The standard InChI is InChI=1S/C13H13N3O6S/c1-6(17)15(5-14)10-11(19)16-9(13(20)21)8(3-22-7(2)18)4-23-12(10)16/h10,12H,3-4H2,1-2H3,(H,20,21)/t10-,12-/m1/s1. The van der Waals surface area contributed by atoms with E-state index in [2.05, 4.69) is 0 Å². The first-order valence-electron chi connectivity index (χ1n) is 6.52. The smallest absolute Gasteiger partial charge is 0.352 e. The first-order valence-corrected chi connectivity index (χ1v) is 7.57. The first kappa shape index (κ1) is 16.8. The predicted octanol–water partition coefficient (Wildman–Crippen LogP) is -0.499. The lowest BCUT2D eigenvalue weighted by Crippen LogP contribution is -2.70. The summed E-state index contributed by atoms with van der Waals surface area (Å²) in [4.78, 5) is 47.8. The molecule has 0 aromatic rings. The van der Waals surface area contributed by atoms with Gasteiger partial charge in [0.2, 0.25) is 5.91 Å². The minimum Gasteiger partial charge on any atom is -0.477 e. The molecule has 0 spiro atoms. The van der Waals surface area contributed by atoms with Crippen molar-refractivity contribution in [2.75, 3.05) is 12.4 Å². The Labute approximate surface area is 135 Å². The number of rotatable bonds is 4. The van der Waals surface area contributed by atoms with Crippen LogP contribution in [0, 0.1) is 11.5 Å². The zero-order chi connectivity index (χ0) is 17.3. The summed E-state index contributed by atoms with van der Waals surface area (Å²) >= 11 is 1.21. The number of ether oxygens (including phenoxy) is 1. The third-order valence-corrected chi connectivity index (χ3v) is 4.72. The van der Waals surface area contributed by atoms with Gasteiger partial charge in [0, 0.05) is 25.2 Å². The second-order valence-corrected chi connectivity index (χ2v) is 5.99. The summed E-state index contributed by atoms with van der Waals surface area (Å²) in [6, 6.07) is -1.01. The zero-order valence-electron chi connectivity index (χ0n) is 12.3. The number of nitriles is 1. The van der Waals surface area contributed by atoms with Gasteiger partial charge in [-0.1, -0.05) is 0 Å². The number of carbonyl (C=O) groups is 4. The molecule has 0 unspecified atom stereocenters. The maximum atomic E-state index is 12.3. The SMILES string of the molecule is CC(=O)OCC1=C(C(=O)O)N2C(=O)[C@@H](N(C#N)C(C)=O)[C@H]2SC1. The number of aliphatic carboxylic acids is 1. The normalized spacial score (nSPS) is 22.7. The van der Waals surface area contributed by atoms with Crippen LogP contribution in [-0.4, -0.2) is 62.4 Å². The van der Waals surface area contributed by atoms with Gasteiger partial charge in [0.05, 0.1) is 0 Å². The zero-order valence-corrected chi connectivity index (χ0v) is 13.1. The van der Waals surface area contributed by atoms with Gasteiger partial charge in [-0.25, -0.2) is 9.69 Å².